The zero-order valence-corrected chi connectivity index (χ0v) is 22.8. The van der Waals surface area contributed by atoms with Gasteiger partial charge in [-0.15, -0.1) is 0 Å². The molecule has 230 valence electrons. The first-order valence-electron chi connectivity index (χ1n) is 11.6. The van der Waals surface area contributed by atoms with Gasteiger partial charge in [-0.1, -0.05) is 41.4 Å². The molecule has 0 aliphatic heterocycles. The lowest BCUT2D eigenvalue weighted by atomic mass is 9.94. The predicted molar refractivity (Wildman–Crippen MR) is 136 cm³/mol. The fourth-order valence-electron chi connectivity index (χ4n) is 3.54. The topological polar surface area (TPSA) is 58.2 Å². The van der Waals surface area contributed by atoms with Crippen LogP contribution in [0, 0.1) is 0 Å². The number of halogens is 12. The summed E-state index contributed by atoms with van der Waals surface area (Å²) in [5, 5.41) is 2.85. The number of rotatable bonds is 8. The zero-order chi connectivity index (χ0) is 32.2. The molecule has 0 radical (unpaired) electrons. The third kappa shape index (κ3) is 9.38. The Hall–Kier alpha value is -3.26. The molecule has 2 N–H and O–H groups in total. The third-order valence-corrected chi connectivity index (χ3v) is 6.32. The molecule has 0 heterocycles. The van der Waals surface area contributed by atoms with Crippen molar-refractivity contribution < 1.29 is 53.5 Å². The molecule has 16 heteroatoms. The van der Waals surface area contributed by atoms with Crippen molar-refractivity contribution in [2.45, 2.75) is 44.3 Å². The molecule has 2 rings (SSSR count). The van der Waals surface area contributed by atoms with Crippen LogP contribution in [-0.4, -0.2) is 36.8 Å². The summed E-state index contributed by atoms with van der Waals surface area (Å²) < 4.78 is 135. The van der Waals surface area contributed by atoms with Gasteiger partial charge in [-0.05, 0) is 55.3 Å². The number of hydrogen-bond acceptors (Lipinski definition) is 2. The van der Waals surface area contributed by atoms with E-state index >= 15 is 4.39 Å². The monoisotopic (exact) mass is 652 g/mol. The van der Waals surface area contributed by atoms with Crippen LogP contribution in [0.1, 0.15) is 52.4 Å². The van der Waals surface area contributed by atoms with Gasteiger partial charge in [0.1, 0.15) is 24.3 Å². The summed E-state index contributed by atoms with van der Waals surface area (Å²) in [6.07, 6.45) is -12.4. The molecule has 2 aromatic rings. The summed E-state index contributed by atoms with van der Waals surface area (Å²) in [6.45, 7) is 0.677. The van der Waals surface area contributed by atoms with E-state index < -0.39 is 76.9 Å². The zero-order valence-electron chi connectivity index (χ0n) is 21.3. The van der Waals surface area contributed by atoms with Crippen molar-refractivity contribution in [2.75, 3.05) is 6.54 Å². The van der Waals surface area contributed by atoms with Crippen LogP contribution in [0.4, 0.5) is 43.9 Å². The van der Waals surface area contributed by atoms with Gasteiger partial charge in [-0.25, -0.2) is 4.39 Å². The molecule has 0 fully saturated rings. The SMILES string of the molecule is C/C=C\c1cc([C@@H](/C=C(\F)c2ccc(C(=O)N[C@H](C)C(=O)NCC(F)(F)F)c(C(F)(F)F)c2)C(F)(F)F)cc(Cl)c1Cl. The van der Waals surface area contributed by atoms with E-state index in [-0.39, 0.29) is 27.8 Å². The normalized spacial score (nSPS) is 14.6. The van der Waals surface area contributed by atoms with Gasteiger partial charge in [0, 0.05) is 5.56 Å². The number of carbonyl (C=O) groups is 2. The summed E-state index contributed by atoms with van der Waals surface area (Å²) >= 11 is 11.9. The second kappa shape index (κ2) is 13.4. The van der Waals surface area contributed by atoms with E-state index in [1.165, 1.54) is 17.5 Å². The molecular formula is C26H20Cl2F10N2O2. The first-order valence-corrected chi connectivity index (χ1v) is 12.3. The Labute approximate surface area is 242 Å². The highest BCUT2D eigenvalue weighted by Gasteiger charge is 2.41. The van der Waals surface area contributed by atoms with E-state index in [0.29, 0.717) is 12.1 Å². The van der Waals surface area contributed by atoms with E-state index in [4.69, 9.17) is 23.2 Å². The van der Waals surface area contributed by atoms with Gasteiger partial charge in [0.2, 0.25) is 5.91 Å². The number of benzene rings is 2. The molecule has 2 atom stereocenters. The fraction of sp³-hybridized carbons (Fsp3) is 0.308. The van der Waals surface area contributed by atoms with Crippen LogP contribution in [0.2, 0.25) is 10.0 Å². The summed E-state index contributed by atoms with van der Waals surface area (Å²) in [4.78, 5) is 24.2. The Balaban J connectivity index is 2.50. The van der Waals surface area contributed by atoms with Crippen molar-refractivity contribution >= 4 is 46.9 Å². The first kappa shape index (κ1) is 34.9. The lowest BCUT2D eigenvalue weighted by Gasteiger charge is -2.20. The minimum Gasteiger partial charge on any atom is -0.345 e. The van der Waals surface area contributed by atoms with E-state index in [9.17, 15) is 49.1 Å². The second-order valence-electron chi connectivity index (χ2n) is 8.73. The number of amides is 2. The van der Waals surface area contributed by atoms with E-state index in [2.05, 4.69) is 0 Å². The van der Waals surface area contributed by atoms with Gasteiger partial charge in [0.25, 0.3) is 5.91 Å². The number of alkyl halides is 9. The minimum absolute atomic E-state index is 0.0291. The van der Waals surface area contributed by atoms with E-state index in [1.54, 1.807) is 12.2 Å². The maximum absolute atomic E-state index is 15.1. The average molecular weight is 653 g/mol. The predicted octanol–water partition coefficient (Wildman–Crippen LogP) is 8.50. The molecule has 2 amide bonds. The molecule has 4 nitrogen and oxygen atoms in total. The van der Waals surface area contributed by atoms with Crippen molar-refractivity contribution in [3.63, 3.8) is 0 Å². The number of hydrogen-bond donors (Lipinski definition) is 2. The van der Waals surface area contributed by atoms with Crippen LogP contribution in [0.15, 0.2) is 42.5 Å². The van der Waals surface area contributed by atoms with Crippen molar-refractivity contribution in [3.05, 3.63) is 80.3 Å². The number of nitrogens with one attached hydrogen (secondary N) is 2. The van der Waals surface area contributed by atoms with E-state index in [1.807, 2.05) is 0 Å². The van der Waals surface area contributed by atoms with Gasteiger partial charge in [0.15, 0.2) is 0 Å². The lowest BCUT2D eigenvalue weighted by Crippen LogP contribution is -2.47. The van der Waals surface area contributed by atoms with Gasteiger partial charge in [-0.3, -0.25) is 9.59 Å². The standard InChI is InChI=1S/C26H20Cl2F10N2O2/c1-3-4-14-7-15(9-19(27)21(14)28)17(25(33,34)35)10-20(29)13-5-6-16(18(8-13)26(36,37)38)23(42)40-12(2)22(41)39-11-24(30,31)32/h3-10,12,17H,11H2,1-2H3,(H,39,41)(H,40,42)/b4-3-,20-10-/t12-,17-/m1/s1. The molecule has 0 aliphatic rings. The summed E-state index contributed by atoms with van der Waals surface area (Å²) in [7, 11) is 0. The molecule has 0 unspecified atom stereocenters. The van der Waals surface area contributed by atoms with Crippen molar-refractivity contribution in [2.24, 2.45) is 0 Å². The molecule has 0 saturated heterocycles. The molecule has 0 spiro atoms. The molecule has 0 saturated carbocycles. The Morgan fingerprint density at radius 1 is 0.976 bits per heavy atom. The maximum Gasteiger partial charge on any atom is 0.417 e. The fourth-order valence-corrected chi connectivity index (χ4v) is 3.95. The summed E-state index contributed by atoms with van der Waals surface area (Å²) in [5.74, 6) is -7.33. The smallest absolute Gasteiger partial charge is 0.345 e. The molecule has 2 aromatic carbocycles. The van der Waals surface area contributed by atoms with Crippen LogP contribution >= 0.6 is 23.2 Å². The minimum atomic E-state index is -5.33. The Morgan fingerprint density at radius 3 is 2.12 bits per heavy atom. The number of allylic oxidation sites excluding steroid dienone is 2. The Morgan fingerprint density at radius 2 is 1.60 bits per heavy atom. The lowest BCUT2D eigenvalue weighted by molar-refractivity contribution is -0.140. The first-order chi connectivity index (χ1) is 19.2. The van der Waals surface area contributed by atoms with Gasteiger partial charge < -0.3 is 10.6 Å². The van der Waals surface area contributed by atoms with E-state index in [0.717, 1.165) is 19.1 Å². The van der Waals surface area contributed by atoms with Crippen LogP contribution in [0.5, 0.6) is 0 Å². The molecule has 42 heavy (non-hydrogen) atoms. The highest BCUT2D eigenvalue weighted by Crippen LogP contribution is 2.42. The summed E-state index contributed by atoms with van der Waals surface area (Å²) in [5.41, 5.74) is -4.41. The average Bonchev–Trinajstić information content (AvgIpc) is 2.86. The van der Waals surface area contributed by atoms with Crippen molar-refractivity contribution in [1.29, 1.82) is 0 Å². The third-order valence-electron chi connectivity index (χ3n) is 5.50. The highest BCUT2D eigenvalue weighted by atomic mass is 35.5. The van der Waals surface area contributed by atoms with Gasteiger partial charge in [-0.2, -0.15) is 39.5 Å². The second-order valence-corrected chi connectivity index (χ2v) is 9.51. The quantitative estimate of drug-likeness (QED) is 0.281. The Bertz CT molecular complexity index is 1380. The van der Waals surface area contributed by atoms with Crippen LogP contribution in [-0.2, 0) is 11.0 Å². The molecule has 0 bridgehead atoms. The van der Waals surface area contributed by atoms with Crippen LogP contribution < -0.4 is 10.6 Å². The highest BCUT2D eigenvalue weighted by molar-refractivity contribution is 6.43. The molecular weight excluding hydrogens is 633 g/mol. The maximum atomic E-state index is 15.1. The number of carbonyl (C=O) groups excluding carboxylic acids is 2. The molecule has 0 aromatic heterocycles. The summed E-state index contributed by atoms with van der Waals surface area (Å²) in [6, 6.07) is 1.23. The van der Waals surface area contributed by atoms with Gasteiger partial charge in [0.05, 0.1) is 21.2 Å². The largest absolute Gasteiger partial charge is 0.417 e. The van der Waals surface area contributed by atoms with Crippen LogP contribution in [0.3, 0.4) is 0 Å². The van der Waals surface area contributed by atoms with Crippen molar-refractivity contribution in [3.8, 4) is 0 Å². The van der Waals surface area contributed by atoms with Crippen LogP contribution in [0.25, 0.3) is 11.9 Å². The van der Waals surface area contributed by atoms with Gasteiger partial charge >= 0.3 is 18.5 Å². The Kier molecular flexibility index (Phi) is 11.1. The van der Waals surface area contributed by atoms with Crippen molar-refractivity contribution in [1.82, 2.24) is 10.6 Å². The molecule has 0 aliphatic carbocycles.